The van der Waals surface area contributed by atoms with Gasteiger partial charge in [-0.3, -0.25) is 4.90 Å². The lowest BCUT2D eigenvalue weighted by molar-refractivity contribution is -0.156. The molecular formula is C15H25NO4. The van der Waals surface area contributed by atoms with Crippen LogP contribution in [0.2, 0.25) is 0 Å². The third-order valence-electron chi connectivity index (χ3n) is 3.49. The quantitative estimate of drug-likeness (QED) is 0.577. The van der Waals surface area contributed by atoms with E-state index in [4.69, 9.17) is 9.47 Å². The molecule has 0 aromatic rings. The zero-order chi connectivity index (χ0) is 15.7. The number of rotatable bonds is 2. The average molecular weight is 283 g/mol. The second kappa shape index (κ2) is 5.46. The van der Waals surface area contributed by atoms with Gasteiger partial charge in [0.25, 0.3) is 0 Å². The standard InChI is InChI=1S/C15H25NO4/c1-10(2)15(12(17)19-7)8-11(3)9-16(15)13(18)20-14(4,5)6/h10H,3,8-9H2,1-2,4-7H3. The van der Waals surface area contributed by atoms with Crippen molar-refractivity contribution < 1.29 is 19.1 Å². The first-order chi connectivity index (χ1) is 9.04. The number of ether oxygens (including phenoxy) is 2. The van der Waals surface area contributed by atoms with Gasteiger partial charge < -0.3 is 9.47 Å². The molecule has 0 N–H and O–H groups in total. The Morgan fingerprint density at radius 2 is 1.90 bits per heavy atom. The highest BCUT2D eigenvalue weighted by Crippen LogP contribution is 2.40. The third-order valence-corrected chi connectivity index (χ3v) is 3.49. The summed E-state index contributed by atoms with van der Waals surface area (Å²) in [4.78, 5) is 26.1. The van der Waals surface area contributed by atoms with Crippen LogP contribution in [0.3, 0.4) is 0 Å². The lowest BCUT2D eigenvalue weighted by Crippen LogP contribution is -2.57. The number of carbonyl (C=O) groups excluding carboxylic acids is 2. The minimum absolute atomic E-state index is 0.0956. The van der Waals surface area contributed by atoms with Crippen LogP contribution in [0, 0.1) is 5.92 Å². The van der Waals surface area contributed by atoms with Crippen molar-refractivity contribution in [3.63, 3.8) is 0 Å². The molecule has 0 bridgehead atoms. The van der Waals surface area contributed by atoms with Crippen molar-refractivity contribution in [2.45, 2.75) is 52.2 Å². The minimum Gasteiger partial charge on any atom is -0.467 e. The molecule has 0 aliphatic carbocycles. The lowest BCUT2D eigenvalue weighted by atomic mass is 9.83. The molecule has 0 spiro atoms. The molecule has 1 amide bonds. The molecule has 1 heterocycles. The highest BCUT2D eigenvalue weighted by atomic mass is 16.6. The molecule has 1 unspecified atom stereocenters. The van der Waals surface area contributed by atoms with Crippen LogP contribution >= 0.6 is 0 Å². The molecule has 1 fully saturated rings. The predicted octanol–water partition coefficient (Wildman–Crippen LogP) is 2.75. The molecule has 1 atom stereocenters. The smallest absolute Gasteiger partial charge is 0.411 e. The van der Waals surface area contributed by atoms with Gasteiger partial charge in [0.2, 0.25) is 0 Å². The molecule has 0 aromatic heterocycles. The number of esters is 1. The maximum absolute atomic E-state index is 12.4. The summed E-state index contributed by atoms with van der Waals surface area (Å²) in [6.07, 6.45) is -0.0911. The largest absolute Gasteiger partial charge is 0.467 e. The number of nitrogens with zero attached hydrogens (tertiary/aromatic N) is 1. The fourth-order valence-electron chi connectivity index (χ4n) is 2.55. The molecule has 1 saturated heterocycles. The Bertz CT molecular complexity index is 422. The number of methoxy groups -OCH3 is 1. The van der Waals surface area contributed by atoms with E-state index in [9.17, 15) is 9.59 Å². The normalized spacial score (nSPS) is 23.1. The van der Waals surface area contributed by atoms with Gasteiger partial charge in [-0.25, -0.2) is 9.59 Å². The Balaban J connectivity index is 3.17. The van der Waals surface area contributed by atoms with Crippen molar-refractivity contribution in [2.24, 2.45) is 5.92 Å². The number of hydrogen-bond acceptors (Lipinski definition) is 4. The Morgan fingerprint density at radius 3 is 2.30 bits per heavy atom. The molecule has 0 radical (unpaired) electrons. The van der Waals surface area contributed by atoms with Gasteiger partial charge in [0.15, 0.2) is 0 Å². The Labute approximate surface area is 120 Å². The molecule has 5 nitrogen and oxygen atoms in total. The molecular weight excluding hydrogens is 258 g/mol. The maximum Gasteiger partial charge on any atom is 0.411 e. The summed E-state index contributed by atoms with van der Waals surface area (Å²) in [5, 5.41) is 0. The molecule has 5 heteroatoms. The summed E-state index contributed by atoms with van der Waals surface area (Å²) in [6, 6.07) is 0. The van der Waals surface area contributed by atoms with Crippen LogP contribution in [0.4, 0.5) is 4.79 Å². The first-order valence-corrected chi connectivity index (χ1v) is 6.80. The molecule has 20 heavy (non-hydrogen) atoms. The zero-order valence-electron chi connectivity index (χ0n) is 13.3. The highest BCUT2D eigenvalue weighted by Gasteiger charge is 2.55. The predicted molar refractivity (Wildman–Crippen MR) is 76.3 cm³/mol. The van der Waals surface area contributed by atoms with Gasteiger partial charge in [-0.2, -0.15) is 0 Å². The van der Waals surface area contributed by atoms with E-state index in [0.29, 0.717) is 13.0 Å². The Morgan fingerprint density at radius 1 is 1.35 bits per heavy atom. The average Bonchev–Trinajstić information content (AvgIpc) is 2.65. The van der Waals surface area contributed by atoms with E-state index >= 15 is 0 Å². The van der Waals surface area contributed by atoms with E-state index in [0.717, 1.165) is 5.57 Å². The monoisotopic (exact) mass is 283 g/mol. The zero-order valence-corrected chi connectivity index (χ0v) is 13.3. The van der Waals surface area contributed by atoms with Crippen molar-refractivity contribution in [3.8, 4) is 0 Å². The van der Waals surface area contributed by atoms with Crippen LogP contribution in [0.1, 0.15) is 41.0 Å². The van der Waals surface area contributed by atoms with Crippen LogP contribution in [0.15, 0.2) is 12.2 Å². The van der Waals surface area contributed by atoms with Gasteiger partial charge in [0, 0.05) is 13.0 Å². The summed E-state index contributed by atoms with van der Waals surface area (Å²) in [7, 11) is 1.33. The van der Waals surface area contributed by atoms with Gasteiger partial charge in [-0.15, -0.1) is 0 Å². The van der Waals surface area contributed by atoms with E-state index < -0.39 is 23.2 Å². The molecule has 114 valence electrons. The van der Waals surface area contributed by atoms with Crippen molar-refractivity contribution in [3.05, 3.63) is 12.2 Å². The van der Waals surface area contributed by atoms with Gasteiger partial charge in [-0.05, 0) is 26.7 Å². The number of hydrogen-bond donors (Lipinski definition) is 0. The Hall–Kier alpha value is -1.52. The van der Waals surface area contributed by atoms with Gasteiger partial charge >= 0.3 is 12.1 Å². The summed E-state index contributed by atoms with van der Waals surface area (Å²) < 4.78 is 10.3. The van der Waals surface area contributed by atoms with Crippen molar-refractivity contribution in [1.82, 2.24) is 4.90 Å². The van der Waals surface area contributed by atoms with E-state index in [1.807, 2.05) is 13.8 Å². The summed E-state index contributed by atoms with van der Waals surface area (Å²) >= 11 is 0. The molecule has 1 rings (SSSR count). The summed E-state index contributed by atoms with van der Waals surface area (Å²) in [6.45, 7) is 13.4. The SMILES string of the molecule is C=C1CN(C(=O)OC(C)(C)C)C(C(=O)OC)(C(C)C)C1. The van der Waals surface area contributed by atoms with Crippen LogP contribution in [0.25, 0.3) is 0 Å². The van der Waals surface area contributed by atoms with E-state index in [2.05, 4.69) is 6.58 Å². The first kappa shape index (κ1) is 16.5. The molecule has 0 saturated carbocycles. The van der Waals surface area contributed by atoms with E-state index in [1.165, 1.54) is 12.0 Å². The fourth-order valence-corrected chi connectivity index (χ4v) is 2.55. The molecule has 0 aromatic carbocycles. The van der Waals surface area contributed by atoms with E-state index in [1.54, 1.807) is 20.8 Å². The van der Waals surface area contributed by atoms with Crippen LogP contribution in [0.5, 0.6) is 0 Å². The van der Waals surface area contributed by atoms with Crippen LogP contribution in [-0.2, 0) is 14.3 Å². The number of carbonyl (C=O) groups is 2. The van der Waals surface area contributed by atoms with Gasteiger partial charge in [0.05, 0.1) is 7.11 Å². The van der Waals surface area contributed by atoms with Crippen molar-refractivity contribution in [2.75, 3.05) is 13.7 Å². The molecule has 1 aliphatic rings. The van der Waals surface area contributed by atoms with Gasteiger partial charge in [0.1, 0.15) is 11.1 Å². The second-order valence-corrected chi connectivity index (χ2v) is 6.56. The maximum atomic E-state index is 12.4. The topological polar surface area (TPSA) is 55.8 Å². The fraction of sp³-hybridized carbons (Fsp3) is 0.733. The van der Waals surface area contributed by atoms with Crippen molar-refractivity contribution in [1.29, 1.82) is 0 Å². The van der Waals surface area contributed by atoms with Crippen LogP contribution < -0.4 is 0 Å². The lowest BCUT2D eigenvalue weighted by Gasteiger charge is -2.39. The second-order valence-electron chi connectivity index (χ2n) is 6.56. The minimum atomic E-state index is -1.02. The van der Waals surface area contributed by atoms with E-state index in [-0.39, 0.29) is 5.92 Å². The van der Waals surface area contributed by atoms with Gasteiger partial charge in [-0.1, -0.05) is 26.0 Å². The Kier molecular flexibility index (Phi) is 4.52. The number of likely N-dealkylation sites (tertiary alicyclic amines) is 1. The van der Waals surface area contributed by atoms with Crippen molar-refractivity contribution >= 4 is 12.1 Å². The summed E-state index contributed by atoms with van der Waals surface area (Å²) in [5.41, 5.74) is -0.802. The van der Waals surface area contributed by atoms with Crippen LogP contribution in [-0.4, -0.2) is 41.8 Å². The third kappa shape index (κ3) is 2.97. The highest BCUT2D eigenvalue weighted by molar-refractivity contribution is 5.88. The number of amides is 1. The molecule has 1 aliphatic heterocycles. The summed E-state index contributed by atoms with van der Waals surface area (Å²) in [5.74, 6) is -0.515. The first-order valence-electron chi connectivity index (χ1n) is 6.80.